The Morgan fingerprint density at radius 2 is 1.00 bits per heavy atom. The molecule has 3 rings (SSSR count). The van der Waals surface area contributed by atoms with E-state index in [1.807, 2.05) is 24.3 Å². The van der Waals surface area contributed by atoms with Crippen molar-refractivity contribution < 1.29 is 16.8 Å². The third kappa shape index (κ3) is 5.55. The van der Waals surface area contributed by atoms with Crippen molar-refractivity contribution in [3.63, 3.8) is 0 Å². The highest BCUT2D eigenvalue weighted by Gasteiger charge is 2.33. The van der Waals surface area contributed by atoms with Crippen LogP contribution in [0.4, 0.5) is 0 Å². The Bertz CT molecular complexity index is 1060. The van der Waals surface area contributed by atoms with Crippen LogP contribution in [0.3, 0.4) is 0 Å². The van der Waals surface area contributed by atoms with Gasteiger partial charge < -0.3 is 0 Å². The fourth-order valence-corrected chi connectivity index (χ4v) is 6.62. The van der Waals surface area contributed by atoms with Gasteiger partial charge in [-0.15, -0.1) is 0 Å². The fraction of sp³-hybridized carbons (Fsp3) is 0.478. The third-order valence-corrected chi connectivity index (χ3v) is 9.50. The van der Waals surface area contributed by atoms with E-state index in [-0.39, 0.29) is 36.0 Å². The number of nitrogens with zero attached hydrogens (tertiary/aromatic N) is 2. The Hall–Kier alpha value is -1.74. The molecule has 1 fully saturated rings. The Morgan fingerprint density at radius 3 is 1.35 bits per heavy atom. The van der Waals surface area contributed by atoms with Crippen molar-refractivity contribution >= 4 is 20.0 Å². The van der Waals surface area contributed by atoms with Crippen molar-refractivity contribution in [2.24, 2.45) is 0 Å². The number of hydrogen-bond acceptors (Lipinski definition) is 4. The van der Waals surface area contributed by atoms with Crippen molar-refractivity contribution in [2.45, 2.75) is 55.7 Å². The van der Waals surface area contributed by atoms with Gasteiger partial charge in [-0.25, -0.2) is 16.8 Å². The molecule has 6 nitrogen and oxygen atoms in total. The van der Waals surface area contributed by atoms with Gasteiger partial charge in [0.15, 0.2) is 0 Å². The lowest BCUT2D eigenvalue weighted by Gasteiger charge is -2.33. The van der Waals surface area contributed by atoms with Gasteiger partial charge in [-0.2, -0.15) is 8.61 Å². The van der Waals surface area contributed by atoms with Crippen LogP contribution >= 0.6 is 0 Å². The van der Waals surface area contributed by atoms with Gasteiger partial charge in [-0.1, -0.05) is 51.0 Å². The van der Waals surface area contributed by atoms with Gasteiger partial charge in [0.2, 0.25) is 20.0 Å². The van der Waals surface area contributed by atoms with Gasteiger partial charge in [0, 0.05) is 26.2 Å². The highest BCUT2D eigenvalue weighted by atomic mass is 32.2. The quantitative estimate of drug-likeness (QED) is 0.567. The molecule has 170 valence electrons. The SMILES string of the molecule is CCCCc1ccc(S(=O)(=O)N2CCN(S(=O)(=O)c3ccc(CCC)cc3)CC2)cc1. The summed E-state index contributed by atoms with van der Waals surface area (Å²) in [5.74, 6) is 0. The molecule has 1 aliphatic heterocycles. The zero-order chi connectivity index (χ0) is 22.5. The summed E-state index contributed by atoms with van der Waals surface area (Å²) < 4.78 is 54.7. The molecule has 1 saturated heterocycles. The van der Waals surface area contributed by atoms with Gasteiger partial charge in [0.05, 0.1) is 9.79 Å². The number of unbranched alkanes of at least 4 members (excludes halogenated alkanes) is 1. The molecule has 0 bridgehead atoms. The molecule has 2 aromatic rings. The van der Waals surface area contributed by atoms with Crippen LogP contribution in [-0.4, -0.2) is 51.6 Å². The van der Waals surface area contributed by atoms with Crippen LogP contribution in [0.5, 0.6) is 0 Å². The van der Waals surface area contributed by atoms with Crippen LogP contribution in [0, 0.1) is 0 Å². The lowest BCUT2D eigenvalue weighted by Crippen LogP contribution is -2.50. The maximum absolute atomic E-state index is 13.0. The lowest BCUT2D eigenvalue weighted by molar-refractivity contribution is 0.273. The van der Waals surface area contributed by atoms with Gasteiger partial charge in [-0.05, 0) is 54.7 Å². The standard InChI is InChI=1S/C23H32N2O4S2/c1-3-5-7-21-10-14-23(15-11-21)31(28,29)25-18-16-24(17-19-25)30(26,27)22-12-8-20(6-4-2)9-13-22/h8-15H,3-7,16-19H2,1-2H3. The second-order valence-electron chi connectivity index (χ2n) is 7.95. The van der Waals surface area contributed by atoms with E-state index in [1.165, 1.54) is 8.61 Å². The van der Waals surface area contributed by atoms with E-state index in [2.05, 4.69) is 13.8 Å². The maximum atomic E-state index is 13.0. The van der Waals surface area contributed by atoms with Crippen molar-refractivity contribution in [2.75, 3.05) is 26.2 Å². The summed E-state index contributed by atoms with van der Waals surface area (Å²) in [6.45, 7) is 4.79. The number of benzene rings is 2. The lowest BCUT2D eigenvalue weighted by atomic mass is 10.1. The normalized spacial score (nSPS) is 16.5. The van der Waals surface area contributed by atoms with Gasteiger partial charge in [0.25, 0.3) is 0 Å². The summed E-state index contributed by atoms with van der Waals surface area (Å²) in [4.78, 5) is 0.516. The molecule has 1 aliphatic rings. The van der Waals surface area contributed by atoms with Crippen molar-refractivity contribution in [3.05, 3.63) is 59.7 Å². The van der Waals surface area contributed by atoms with Crippen molar-refractivity contribution in [1.82, 2.24) is 8.61 Å². The number of hydrogen-bond donors (Lipinski definition) is 0. The van der Waals surface area contributed by atoms with Crippen LogP contribution in [0.15, 0.2) is 58.3 Å². The van der Waals surface area contributed by atoms with Gasteiger partial charge in [0.1, 0.15) is 0 Å². The third-order valence-electron chi connectivity index (χ3n) is 5.68. The number of aryl methyl sites for hydroxylation is 2. The molecule has 8 heteroatoms. The molecule has 31 heavy (non-hydrogen) atoms. The first-order valence-corrected chi connectivity index (χ1v) is 13.8. The fourth-order valence-electron chi connectivity index (χ4n) is 3.77. The summed E-state index contributed by atoms with van der Waals surface area (Å²) in [5, 5.41) is 0. The Balaban J connectivity index is 1.66. The average Bonchev–Trinajstić information content (AvgIpc) is 2.78. The Morgan fingerprint density at radius 1 is 0.613 bits per heavy atom. The largest absolute Gasteiger partial charge is 0.243 e. The molecule has 1 heterocycles. The molecule has 0 spiro atoms. The van der Waals surface area contributed by atoms with E-state index < -0.39 is 20.0 Å². The molecule has 0 aliphatic carbocycles. The topological polar surface area (TPSA) is 74.8 Å². The van der Waals surface area contributed by atoms with E-state index in [1.54, 1.807) is 24.3 Å². The molecular formula is C23H32N2O4S2. The predicted molar refractivity (Wildman–Crippen MR) is 123 cm³/mol. The minimum absolute atomic E-state index is 0.146. The van der Waals surface area contributed by atoms with Gasteiger partial charge in [-0.3, -0.25) is 0 Å². The van der Waals surface area contributed by atoms with E-state index in [4.69, 9.17) is 0 Å². The van der Waals surface area contributed by atoms with Gasteiger partial charge >= 0.3 is 0 Å². The van der Waals surface area contributed by atoms with E-state index in [0.717, 1.165) is 43.2 Å². The highest BCUT2D eigenvalue weighted by Crippen LogP contribution is 2.23. The minimum atomic E-state index is -3.63. The second-order valence-corrected chi connectivity index (χ2v) is 11.8. The molecule has 0 aromatic heterocycles. The van der Waals surface area contributed by atoms with E-state index in [9.17, 15) is 16.8 Å². The predicted octanol–water partition coefficient (Wildman–Crippen LogP) is 3.68. The maximum Gasteiger partial charge on any atom is 0.243 e. The zero-order valence-corrected chi connectivity index (χ0v) is 20.0. The van der Waals surface area contributed by atoms with Crippen LogP contribution in [-0.2, 0) is 32.9 Å². The van der Waals surface area contributed by atoms with E-state index >= 15 is 0 Å². The van der Waals surface area contributed by atoms with Crippen molar-refractivity contribution in [1.29, 1.82) is 0 Å². The summed E-state index contributed by atoms with van der Waals surface area (Å²) >= 11 is 0. The number of sulfonamides is 2. The van der Waals surface area contributed by atoms with E-state index in [0.29, 0.717) is 0 Å². The summed E-state index contributed by atoms with van der Waals surface area (Å²) in [5.41, 5.74) is 2.24. The summed E-state index contributed by atoms with van der Waals surface area (Å²) in [6, 6.07) is 14.0. The van der Waals surface area contributed by atoms with Crippen LogP contribution in [0.25, 0.3) is 0 Å². The number of rotatable bonds is 9. The molecule has 0 amide bonds. The first-order valence-electron chi connectivity index (χ1n) is 11.0. The number of piperazine rings is 1. The first-order chi connectivity index (χ1) is 14.8. The molecule has 0 unspecified atom stereocenters. The molecule has 0 saturated carbocycles. The van der Waals surface area contributed by atoms with Crippen LogP contribution in [0.1, 0.15) is 44.2 Å². The molecular weight excluding hydrogens is 432 g/mol. The molecule has 0 atom stereocenters. The molecule has 0 radical (unpaired) electrons. The zero-order valence-electron chi connectivity index (χ0n) is 18.3. The monoisotopic (exact) mass is 464 g/mol. The Labute approximate surface area is 187 Å². The molecule has 2 aromatic carbocycles. The summed E-state index contributed by atoms with van der Waals surface area (Å²) in [7, 11) is -7.26. The first kappa shape index (κ1) is 23.9. The average molecular weight is 465 g/mol. The van der Waals surface area contributed by atoms with Crippen molar-refractivity contribution in [3.8, 4) is 0 Å². The highest BCUT2D eigenvalue weighted by molar-refractivity contribution is 7.89. The molecule has 0 N–H and O–H groups in total. The van der Waals surface area contributed by atoms with Crippen LogP contribution in [0.2, 0.25) is 0 Å². The smallest absolute Gasteiger partial charge is 0.207 e. The Kier molecular flexibility index (Phi) is 7.91. The second kappa shape index (κ2) is 10.3. The summed E-state index contributed by atoms with van der Waals surface area (Å²) in [6.07, 6.45) is 5.02. The minimum Gasteiger partial charge on any atom is -0.207 e. The van der Waals surface area contributed by atoms with Crippen LogP contribution < -0.4 is 0 Å².